The third-order valence-electron chi connectivity index (χ3n) is 8.47. The molecule has 260 valence electrons. The number of aromatic nitrogens is 2. The molecule has 3 aromatic carbocycles. The minimum absolute atomic E-state index is 0.127. The molecule has 2 heterocycles. The highest BCUT2D eigenvalue weighted by atomic mass is 16.7. The lowest BCUT2D eigenvalue weighted by molar-refractivity contribution is -0.120. The van der Waals surface area contributed by atoms with Gasteiger partial charge in [-0.15, -0.1) is 5.06 Å². The number of nitrogens with one attached hydrogen (secondary N) is 3. The van der Waals surface area contributed by atoms with E-state index in [4.69, 9.17) is 9.94 Å². The predicted molar refractivity (Wildman–Crippen MR) is 193 cm³/mol. The average molecular weight is 677 g/mol. The highest BCUT2D eigenvalue weighted by Gasteiger charge is 2.24. The molecule has 0 radical (unpaired) electrons. The number of Topliss-reactive ketones (excluding diaryl/α,β-unsaturated/α-hetero) is 1. The molecule has 50 heavy (non-hydrogen) atoms. The lowest BCUT2D eigenvalue weighted by Gasteiger charge is -2.30. The van der Waals surface area contributed by atoms with Crippen LogP contribution >= 0.6 is 0 Å². The zero-order chi connectivity index (χ0) is 35.8. The second-order valence-electron chi connectivity index (χ2n) is 13.6. The summed E-state index contributed by atoms with van der Waals surface area (Å²) in [5.74, 6) is 0.123. The van der Waals surface area contributed by atoms with E-state index in [1.165, 1.54) is 6.92 Å². The SMILES string of the molecule is CC(=O)C(=CC(=O)c1ccccc1)NC(=O)ON1CCC(Cc2ccc(NC(=O)Nc3cc(C(C)(C)C)nn3-c3ccc(C)cc3)cc2)CC1. The number of ketones is 2. The molecule has 0 aliphatic carbocycles. The normalized spacial score (nSPS) is 14.1. The zero-order valence-corrected chi connectivity index (χ0v) is 29.2. The summed E-state index contributed by atoms with van der Waals surface area (Å²) >= 11 is 0. The molecule has 11 heteroatoms. The largest absolute Gasteiger partial charge is 0.430 e. The monoisotopic (exact) mass is 676 g/mol. The third-order valence-corrected chi connectivity index (χ3v) is 8.47. The lowest BCUT2D eigenvalue weighted by Crippen LogP contribution is -2.39. The summed E-state index contributed by atoms with van der Waals surface area (Å²) in [5, 5.41) is 14.7. The maximum atomic E-state index is 13.0. The predicted octanol–water partition coefficient (Wildman–Crippen LogP) is 7.37. The van der Waals surface area contributed by atoms with Crippen LogP contribution in [0.1, 0.15) is 67.7 Å². The summed E-state index contributed by atoms with van der Waals surface area (Å²) in [6, 6.07) is 25.8. The summed E-state index contributed by atoms with van der Waals surface area (Å²) in [6.07, 6.45) is 2.76. The van der Waals surface area contributed by atoms with Gasteiger partial charge in [0.2, 0.25) is 0 Å². The van der Waals surface area contributed by atoms with Crippen molar-refractivity contribution in [1.82, 2.24) is 20.2 Å². The highest BCUT2D eigenvalue weighted by Crippen LogP contribution is 2.27. The Hall–Kier alpha value is -5.55. The van der Waals surface area contributed by atoms with E-state index in [9.17, 15) is 19.2 Å². The molecule has 1 aromatic heterocycles. The van der Waals surface area contributed by atoms with Crippen molar-refractivity contribution >= 4 is 35.2 Å². The first-order valence-electron chi connectivity index (χ1n) is 16.7. The van der Waals surface area contributed by atoms with Gasteiger partial charge in [-0.05, 0) is 61.9 Å². The number of amides is 3. The van der Waals surface area contributed by atoms with E-state index in [0.29, 0.717) is 36.1 Å². The first kappa shape index (κ1) is 35.7. The molecule has 0 bridgehead atoms. The maximum Gasteiger partial charge on any atom is 0.430 e. The molecule has 0 spiro atoms. The minimum Gasteiger partial charge on any atom is -0.351 e. The Morgan fingerprint density at radius 2 is 1.56 bits per heavy atom. The fourth-order valence-electron chi connectivity index (χ4n) is 5.55. The first-order valence-corrected chi connectivity index (χ1v) is 16.7. The number of anilines is 2. The van der Waals surface area contributed by atoms with Crippen LogP contribution < -0.4 is 16.0 Å². The summed E-state index contributed by atoms with van der Waals surface area (Å²) in [5.41, 5.74) is 4.76. The number of benzene rings is 3. The van der Waals surface area contributed by atoms with Crippen LogP contribution in [-0.4, -0.2) is 51.6 Å². The molecule has 4 aromatic rings. The number of urea groups is 1. The van der Waals surface area contributed by atoms with E-state index in [2.05, 4.69) is 36.7 Å². The van der Waals surface area contributed by atoms with Gasteiger partial charge in [0.25, 0.3) is 0 Å². The van der Waals surface area contributed by atoms with Gasteiger partial charge >= 0.3 is 12.1 Å². The average Bonchev–Trinajstić information content (AvgIpc) is 3.51. The van der Waals surface area contributed by atoms with Crippen molar-refractivity contribution in [2.75, 3.05) is 23.7 Å². The molecular formula is C39H44N6O5. The molecule has 0 unspecified atom stereocenters. The summed E-state index contributed by atoms with van der Waals surface area (Å²) in [4.78, 5) is 55.6. The van der Waals surface area contributed by atoms with Crippen LogP contribution in [0.25, 0.3) is 5.69 Å². The van der Waals surface area contributed by atoms with Gasteiger partial charge in [-0.1, -0.05) is 80.9 Å². The summed E-state index contributed by atoms with van der Waals surface area (Å²) in [7, 11) is 0. The van der Waals surface area contributed by atoms with Crippen LogP contribution in [0.5, 0.6) is 0 Å². The van der Waals surface area contributed by atoms with Gasteiger partial charge in [-0.3, -0.25) is 20.2 Å². The highest BCUT2D eigenvalue weighted by molar-refractivity contribution is 6.10. The second kappa shape index (κ2) is 15.8. The molecule has 3 N–H and O–H groups in total. The van der Waals surface area contributed by atoms with E-state index < -0.39 is 11.9 Å². The summed E-state index contributed by atoms with van der Waals surface area (Å²) in [6.45, 7) is 10.6. The second-order valence-corrected chi connectivity index (χ2v) is 13.6. The number of hydrogen-bond acceptors (Lipinski definition) is 7. The standard InChI is InChI=1S/C39H44N6O5/c1-26-11-17-32(18-12-26)45-36(25-35(43-45)39(3,4)5)42-37(48)40-31-15-13-28(14-16-31)23-29-19-21-44(22-20-29)50-38(49)41-33(27(2)46)24-34(47)30-9-7-6-8-10-30/h6-18,24-25,29H,19-23H2,1-5H3,(H,41,49)(H2,40,42,48). The quantitative estimate of drug-likeness (QED) is 0.118. The van der Waals surface area contributed by atoms with Crippen LogP contribution in [0.4, 0.5) is 21.1 Å². The Labute approximate surface area is 292 Å². The molecule has 0 saturated carbocycles. The van der Waals surface area contributed by atoms with Gasteiger partial charge in [-0.2, -0.15) is 5.10 Å². The molecular weight excluding hydrogens is 632 g/mol. The van der Waals surface area contributed by atoms with E-state index >= 15 is 0 Å². The fraction of sp³-hybridized carbons (Fsp3) is 0.308. The van der Waals surface area contributed by atoms with E-state index in [0.717, 1.165) is 47.8 Å². The number of nitrogens with zero attached hydrogens (tertiary/aromatic N) is 3. The number of allylic oxidation sites excluding steroid dienone is 2. The third kappa shape index (κ3) is 9.76. The Bertz CT molecular complexity index is 1850. The Morgan fingerprint density at radius 3 is 2.18 bits per heavy atom. The van der Waals surface area contributed by atoms with Gasteiger partial charge in [-0.25, -0.2) is 14.3 Å². The number of rotatable bonds is 10. The molecule has 1 saturated heterocycles. The topological polar surface area (TPSA) is 135 Å². The van der Waals surface area contributed by atoms with Crippen molar-refractivity contribution in [3.63, 3.8) is 0 Å². The zero-order valence-electron chi connectivity index (χ0n) is 29.2. The van der Waals surface area contributed by atoms with Gasteiger partial charge in [0, 0.05) is 48.8 Å². The maximum absolute atomic E-state index is 13.0. The molecule has 1 aliphatic heterocycles. The molecule has 0 atom stereocenters. The molecule has 11 nitrogen and oxygen atoms in total. The van der Waals surface area contributed by atoms with Gasteiger partial charge in [0.15, 0.2) is 11.6 Å². The number of aryl methyl sites for hydroxylation is 1. The van der Waals surface area contributed by atoms with E-state index in [1.807, 2.05) is 61.5 Å². The number of hydrogen-bond donors (Lipinski definition) is 3. The van der Waals surface area contributed by atoms with Crippen LogP contribution in [0.2, 0.25) is 0 Å². The van der Waals surface area contributed by atoms with Crippen LogP contribution in [0.3, 0.4) is 0 Å². The number of carbonyl (C=O) groups is 4. The Kier molecular flexibility index (Phi) is 11.3. The molecule has 5 rings (SSSR count). The van der Waals surface area contributed by atoms with Crippen LogP contribution in [0, 0.1) is 12.8 Å². The smallest absolute Gasteiger partial charge is 0.351 e. The van der Waals surface area contributed by atoms with Crippen molar-refractivity contribution in [3.8, 4) is 5.69 Å². The Balaban J connectivity index is 1.09. The van der Waals surface area contributed by atoms with Crippen molar-refractivity contribution in [1.29, 1.82) is 0 Å². The first-order chi connectivity index (χ1) is 23.8. The number of carbonyl (C=O) groups excluding carboxylic acids is 4. The molecule has 1 aliphatic rings. The van der Waals surface area contributed by atoms with Gasteiger partial charge < -0.3 is 10.2 Å². The van der Waals surface area contributed by atoms with Crippen LogP contribution in [-0.2, 0) is 21.5 Å². The lowest BCUT2D eigenvalue weighted by atomic mass is 9.91. The van der Waals surface area contributed by atoms with Crippen LogP contribution in [0.15, 0.2) is 96.7 Å². The van der Waals surface area contributed by atoms with Crippen molar-refractivity contribution in [2.24, 2.45) is 5.92 Å². The van der Waals surface area contributed by atoms with Crippen molar-refractivity contribution in [2.45, 2.75) is 59.3 Å². The van der Waals surface area contributed by atoms with Crippen molar-refractivity contribution in [3.05, 3.63) is 119 Å². The number of piperidine rings is 1. The summed E-state index contributed by atoms with van der Waals surface area (Å²) < 4.78 is 1.75. The van der Waals surface area contributed by atoms with Gasteiger partial charge in [0.1, 0.15) is 5.82 Å². The number of hydroxylamine groups is 2. The van der Waals surface area contributed by atoms with E-state index in [1.54, 1.807) is 40.1 Å². The minimum atomic E-state index is -0.813. The molecule has 1 fully saturated rings. The van der Waals surface area contributed by atoms with Crippen molar-refractivity contribution < 1.29 is 24.0 Å². The fourth-order valence-corrected chi connectivity index (χ4v) is 5.55. The molecule has 3 amide bonds. The van der Waals surface area contributed by atoms with Gasteiger partial charge in [0.05, 0.1) is 17.1 Å². The van der Waals surface area contributed by atoms with E-state index in [-0.39, 0.29) is 22.9 Å². The Morgan fingerprint density at radius 1 is 0.900 bits per heavy atom.